The molecule has 6 nitrogen and oxygen atoms in total. The molecule has 0 bridgehead atoms. The van der Waals surface area contributed by atoms with Gasteiger partial charge < -0.3 is 9.84 Å². The van der Waals surface area contributed by atoms with E-state index < -0.39 is 10.9 Å². The first-order chi connectivity index (χ1) is 7.61. The summed E-state index contributed by atoms with van der Waals surface area (Å²) in [6.07, 6.45) is -0.110. The zero-order valence-electron chi connectivity index (χ0n) is 8.46. The van der Waals surface area contributed by atoms with E-state index in [9.17, 15) is 14.9 Å². The molecule has 0 aromatic heterocycles. The summed E-state index contributed by atoms with van der Waals surface area (Å²) < 4.78 is 5.04. The second-order valence-electron chi connectivity index (χ2n) is 3.08. The minimum absolute atomic E-state index is 0.0159. The molecule has 0 saturated heterocycles. The number of rotatable bonds is 6. The number of ether oxygens (including phenoxy) is 1. The first-order valence-corrected chi connectivity index (χ1v) is 4.63. The number of hydrogen-bond donors (Lipinski definition) is 1. The fraction of sp³-hybridized carbons (Fsp3) is 0.300. The summed E-state index contributed by atoms with van der Waals surface area (Å²) in [6.45, 7) is 0.0891. The van der Waals surface area contributed by atoms with Gasteiger partial charge in [0.2, 0.25) is 0 Å². The Balaban J connectivity index is 2.53. The smallest absolute Gasteiger partial charge is 0.305 e. The molecule has 1 N–H and O–H groups in total. The lowest BCUT2D eigenvalue weighted by Gasteiger charge is -2.03. The Kier molecular flexibility index (Phi) is 4.41. The maximum atomic E-state index is 10.6. The Morgan fingerprint density at radius 3 is 2.75 bits per heavy atom. The van der Waals surface area contributed by atoms with Gasteiger partial charge in [-0.1, -0.05) is 12.1 Å². The number of carbonyl (C=O) groups is 1. The molecule has 0 saturated carbocycles. The van der Waals surface area contributed by atoms with Crippen molar-refractivity contribution >= 4 is 11.7 Å². The summed E-state index contributed by atoms with van der Waals surface area (Å²) in [5.41, 5.74) is 0.427. The van der Waals surface area contributed by atoms with E-state index in [1.54, 1.807) is 18.2 Å². The molecule has 0 amide bonds. The fourth-order valence-electron chi connectivity index (χ4n) is 1.15. The van der Waals surface area contributed by atoms with Crippen molar-refractivity contribution in [2.45, 2.75) is 13.0 Å². The highest BCUT2D eigenvalue weighted by Gasteiger charge is 2.11. The molecule has 0 fully saturated rings. The van der Waals surface area contributed by atoms with Crippen molar-refractivity contribution in [1.29, 1.82) is 0 Å². The maximum Gasteiger partial charge on any atom is 0.305 e. The molecule has 0 aliphatic heterocycles. The van der Waals surface area contributed by atoms with Crippen molar-refractivity contribution in [3.8, 4) is 0 Å². The molecule has 0 heterocycles. The third-order valence-electron chi connectivity index (χ3n) is 1.91. The van der Waals surface area contributed by atoms with E-state index >= 15 is 0 Å². The average Bonchev–Trinajstić information content (AvgIpc) is 2.24. The van der Waals surface area contributed by atoms with Crippen LogP contribution in [0.25, 0.3) is 0 Å². The molecule has 0 atom stereocenters. The average molecular weight is 225 g/mol. The van der Waals surface area contributed by atoms with E-state index in [0.717, 1.165) is 0 Å². The van der Waals surface area contributed by atoms with Gasteiger partial charge in [0.15, 0.2) is 0 Å². The zero-order chi connectivity index (χ0) is 12.0. The highest BCUT2D eigenvalue weighted by atomic mass is 16.6. The van der Waals surface area contributed by atoms with Gasteiger partial charge in [0.25, 0.3) is 5.69 Å². The van der Waals surface area contributed by atoms with Gasteiger partial charge in [-0.2, -0.15) is 0 Å². The molecule has 6 heteroatoms. The van der Waals surface area contributed by atoms with E-state index in [1.165, 1.54) is 6.07 Å². The molecular weight excluding hydrogens is 214 g/mol. The van der Waals surface area contributed by atoms with Crippen LogP contribution in [0.1, 0.15) is 12.0 Å². The summed E-state index contributed by atoms with van der Waals surface area (Å²) in [4.78, 5) is 20.3. The number of carboxylic acids is 1. The van der Waals surface area contributed by atoms with E-state index in [2.05, 4.69) is 0 Å². The van der Waals surface area contributed by atoms with Crippen LogP contribution in [0, 0.1) is 10.1 Å². The Morgan fingerprint density at radius 2 is 2.12 bits per heavy atom. The molecule has 1 rings (SSSR count). The summed E-state index contributed by atoms with van der Waals surface area (Å²) in [5, 5.41) is 19.0. The van der Waals surface area contributed by atoms with Gasteiger partial charge >= 0.3 is 5.97 Å². The van der Waals surface area contributed by atoms with Crippen molar-refractivity contribution in [1.82, 2.24) is 0 Å². The van der Waals surface area contributed by atoms with Gasteiger partial charge in [0.05, 0.1) is 30.1 Å². The highest BCUT2D eigenvalue weighted by Crippen LogP contribution is 2.18. The molecule has 86 valence electrons. The van der Waals surface area contributed by atoms with Crippen molar-refractivity contribution in [3.63, 3.8) is 0 Å². The highest BCUT2D eigenvalue weighted by molar-refractivity contribution is 5.66. The van der Waals surface area contributed by atoms with Gasteiger partial charge in [-0.3, -0.25) is 14.9 Å². The van der Waals surface area contributed by atoms with Crippen LogP contribution in [-0.2, 0) is 16.1 Å². The lowest BCUT2D eigenvalue weighted by Crippen LogP contribution is -2.04. The zero-order valence-corrected chi connectivity index (χ0v) is 8.46. The molecule has 0 aliphatic rings. The van der Waals surface area contributed by atoms with Crippen LogP contribution < -0.4 is 0 Å². The van der Waals surface area contributed by atoms with Gasteiger partial charge in [-0.15, -0.1) is 0 Å². The second-order valence-corrected chi connectivity index (χ2v) is 3.08. The third-order valence-corrected chi connectivity index (χ3v) is 1.91. The van der Waals surface area contributed by atoms with Gasteiger partial charge in [-0.05, 0) is 6.07 Å². The first kappa shape index (κ1) is 12.1. The van der Waals surface area contributed by atoms with E-state index in [1.807, 2.05) is 0 Å². The molecule has 1 aromatic carbocycles. The number of hydrogen-bond acceptors (Lipinski definition) is 4. The number of nitrogens with zero attached hydrogens (tertiary/aromatic N) is 1. The van der Waals surface area contributed by atoms with Crippen LogP contribution in [0.5, 0.6) is 0 Å². The Hall–Kier alpha value is -1.95. The second kappa shape index (κ2) is 5.82. The Labute approximate surface area is 91.6 Å². The largest absolute Gasteiger partial charge is 0.481 e. The van der Waals surface area contributed by atoms with Crippen LogP contribution in [-0.4, -0.2) is 22.6 Å². The van der Waals surface area contributed by atoms with E-state index in [0.29, 0.717) is 5.56 Å². The monoisotopic (exact) mass is 225 g/mol. The summed E-state index contributed by atoms with van der Waals surface area (Å²) in [5.74, 6) is -0.956. The molecule has 0 spiro atoms. The number of para-hydroxylation sites is 1. The van der Waals surface area contributed by atoms with Crippen LogP contribution in [0.4, 0.5) is 5.69 Å². The lowest BCUT2D eigenvalue weighted by atomic mass is 10.2. The quantitative estimate of drug-likeness (QED) is 0.451. The molecule has 0 radical (unpaired) electrons. The number of aliphatic carboxylic acids is 1. The lowest BCUT2D eigenvalue weighted by molar-refractivity contribution is -0.385. The normalized spacial score (nSPS) is 10.0. The number of nitro benzene ring substituents is 1. The maximum absolute atomic E-state index is 10.6. The predicted molar refractivity (Wildman–Crippen MR) is 55.0 cm³/mol. The van der Waals surface area contributed by atoms with Crippen LogP contribution >= 0.6 is 0 Å². The van der Waals surface area contributed by atoms with Crippen LogP contribution in [0.15, 0.2) is 24.3 Å². The van der Waals surface area contributed by atoms with Crippen molar-refractivity contribution in [2.75, 3.05) is 6.61 Å². The molecule has 0 unspecified atom stereocenters. The fourth-order valence-corrected chi connectivity index (χ4v) is 1.15. The van der Waals surface area contributed by atoms with Crippen molar-refractivity contribution < 1.29 is 19.6 Å². The predicted octanol–water partition coefficient (Wildman–Crippen LogP) is 1.59. The summed E-state index contributed by atoms with van der Waals surface area (Å²) >= 11 is 0. The van der Waals surface area contributed by atoms with Gasteiger partial charge in [0.1, 0.15) is 0 Å². The minimum Gasteiger partial charge on any atom is -0.481 e. The summed E-state index contributed by atoms with van der Waals surface area (Å²) in [7, 11) is 0. The van der Waals surface area contributed by atoms with Crippen molar-refractivity contribution in [3.05, 3.63) is 39.9 Å². The molecular formula is C10H11NO5. The molecule has 0 aliphatic carbocycles. The number of benzene rings is 1. The molecule has 1 aromatic rings. The van der Waals surface area contributed by atoms with Crippen LogP contribution in [0.3, 0.4) is 0 Å². The molecule has 16 heavy (non-hydrogen) atoms. The van der Waals surface area contributed by atoms with Crippen LogP contribution in [0.2, 0.25) is 0 Å². The van der Waals surface area contributed by atoms with Gasteiger partial charge in [-0.25, -0.2) is 0 Å². The topological polar surface area (TPSA) is 89.7 Å². The SMILES string of the molecule is O=C(O)CCOCc1ccccc1[N+](=O)[O-]. The first-order valence-electron chi connectivity index (χ1n) is 4.63. The Bertz CT molecular complexity index is 391. The minimum atomic E-state index is -0.956. The third kappa shape index (κ3) is 3.66. The number of carboxylic acid groups (broad SMARTS) is 1. The van der Waals surface area contributed by atoms with Crippen molar-refractivity contribution in [2.24, 2.45) is 0 Å². The summed E-state index contributed by atoms with van der Waals surface area (Å²) in [6, 6.07) is 6.20. The number of nitro groups is 1. The Morgan fingerprint density at radius 1 is 1.44 bits per heavy atom. The standard InChI is InChI=1S/C10H11NO5/c12-10(13)5-6-16-7-8-3-1-2-4-9(8)11(14)15/h1-4H,5-7H2,(H,12,13). The van der Waals surface area contributed by atoms with Gasteiger partial charge in [0, 0.05) is 6.07 Å². The van der Waals surface area contributed by atoms with E-state index in [-0.39, 0.29) is 25.3 Å². The van der Waals surface area contributed by atoms with E-state index in [4.69, 9.17) is 9.84 Å².